The molecule has 0 aliphatic carbocycles. The van der Waals surface area contributed by atoms with Crippen LogP contribution in [-0.4, -0.2) is 54.3 Å². The van der Waals surface area contributed by atoms with E-state index >= 15 is 0 Å². The zero-order valence-electron chi connectivity index (χ0n) is 16.3. The minimum atomic E-state index is -8.36. The van der Waals surface area contributed by atoms with Gasteiger partial charge in [-0.05, 0) is 46.9 Å². The Balaban J connectivity index is 3.29. The highest BCUT2D eigenvalue weighted by molar-refractivity contribution is 14.1. The lowest BCUT2D eigenvalue weighted by Gasteiger charge is -2.41. The summed E-state index contributed by atoms with van der Waals surface area (Å²) in [5, 5.41) is 0. The van der Waals surface area contributed by atoms with Gasteiger partial charge in [0.2, 0.25) is 0 Å². The summed E-state index contributed by atoms with van der Waals surface area (Å²) in [4.78, 5) is 11.7. The first-order chi connectivity index (χ1) is 15.8. The van der Waals surface area contributed by atoms with E-state index in [-0.39, 0.29) is 5.56 Å². The van der Waals surface area contributed by atoms with Gasteiger partial charge in [-0.15, -0.1) is 0 Å². The Morgan fingerprint density at radius 2 is 1.11 bits per heavy atom. The molecule has 0 aliphatic heterocycles. The first-order valence-corrected chi connectivity index (χ1v) is 10.3. The van der Waals surface area contributed by atoms with E-state index in [1.54, 1.807) is 0 Å². The Morgan fingerprint density at radius 1 is 0.722 bits per heavy atom. The Bertz CT molecular complexity index is 987. The fourth-order valence-corrected chi connectivity index (χ4v) is 2.92. The van der Waals surface area contributed by atoms with Crippen LogP contribution < -0.4 is 0 Å². The second-order valence-corrected chi connectivity index (χ2v) is 8.97. The number of hydrogen-bond acceptors (Lipinski definition) is 2. The highest BCUT2D eigenvalue weighted by Crippen LogP contribution is 2.62. The van der Waals surface area contributed by atoms with Crippen LogP contribution in [0.3, 0.4) is 0 Å². The van der Waals surface area contributed by atoms with Crippen LogP contribution in [0.1, 0.15) is 10.4 Å². The van der Waals surface area contributed by atoms with Crippen LogP contribution in [0, 0.1) is 0 Å². The number of carbonyl (C=O) groups is 1. The largest absolute Gasteiger partial charge is 0.460 e. The zero-order chi connectivity index (χ0) is 28.8. The van der Waals surface area contributed by atoms with Crippen LogP contribution >= 0.6 is 38.5 Å². The molecule has 19 heteroatoms. The molecule has 0 aliphatic rings. The molecule has 0 spiro atoms. The van der Waals surface area contributed by atoms with Gasteiger partial charge in [-0.25, -0.2) is 4.79 Å². The van der Waals surface area contributed by atoms with Crippen LogP contribution in [0.4, 0.5) is 65.9 Å². The van der Waals surface area contributed by atoms with Gasteiger partial charge in [0.15, 0.2) is 0 Å². The van der Waals surface area contributed by atoms with E-state index in [1.807, 2.05) is 0 Å². The van der Waals surface area contributed by atoms with Crippen molar-refractivity contribution in [3.8, 4) is 0 Å². The van der Waals surface area contributed by atoms with E-state index in [0.29, 0.717) is 27.1 Å². The second-order valence-electron chi connectivity index (χ2n) is 6.67. The highest BCUT2D eigenvalue weighted by atomic mass is 127. The Hall–Kier alpha value is -1.41. The van der Waals surface area contributed by atoms with Crippen molar-refractivity contribution in [2.75, 3.05) is 6.61 Å². The van der Waals surface area contributed by atoms with Gasteiger partial charge in [-0.2, -0.15) is 65.9 Å². The molecule has 1 aromatic rings. The van der Waals surface area contributed by atoms with E-state index in [2.05, 4.69) is 20.7 Å². The monoisotopic (exact) mass is 734 g/mol. The zero-order valence-corrected chi connectivity index (χ0v) is 20.1. The standard InChI is InChI=1S/C17H7BrF15IO2/c18-8-3-1-7(2-4-8)10(35)36-6-9(34)5-11(19,20)12(21,22)13(23,24)14(25,26)15(27,28)16(29,30)17(31,32)33/h1-5H,6H2. The second kappa shape index (κ2) is 10.0. The molecule has 2 nitrogen and oxygen atoms in total. The predicted molar refractivity (Wildman–Crippen MR) is 102 cm³/mol. The first kappa shape index (κ1) is 32.6. The number of esters is 1. The van der Waals surface area contributed by atoms with Crippen LogP contribution in [0.5, 0.6) is 0 Å². The third-order valence-electron chi connectivity index (χ3n) is 4.11. The van der Waals surface area contributed by atoms with Gasteiger partial charge in [-0.1, -0.05) is 15.9 Å². The molecular formula is C17H7BrF15IO2. The summed E-state index contributed by atoms with van der Waals surface area (Å²) in [5.41, 5.74) is -0.238. The van der Waals surface area contributed by atoms with Crippen LogP contribution in [0.15, 0.2) is 38.4 Å². The summed E-state index contributed by atoms with van der Waals surface area (Å²) >= 11 is 3.66. The molecule has 0 unspecified atom stereocenters. The van der Waals surface area contributed by atoms with E-state index in [1.165, 1.54) is 12.1 Å². The van der Waals surface area contributed by atoms with Crippen LogP contribution in [0.2, 0.25) is 0 Å². The number of allylic oxidation sites excluding steroid dienone is 1. The number of benzene rings is 1. The first-order valence-electron chi connectivity index (χ1n) is 8.41. The molecular weight excluding hydrogens is 728 g/mol. The molecule has 0 aromatic heterocycles. The van der Waals surface area contributed by atoms with Crippen molar-refractivity contribution in [1.82, 2.24) is 0 Å². The van der Waals surface area contributed by atoms with E-state index in [4.69, 9.17) is 0 Å². The van der Waals surface area contributed by atoms with Crippen molar-refractivity contribution in [3.05, 3.63) is 44.0 Å². The molecule has 0 saturated carbocycles. The van der Waals surface area contributed by atoms with Gasteiger partial charge in [0, 0.05) is 14.1 Å². The van der Waals surface area contributed by atoms with Gasteiger partial charge in [-0.3, -0.25) is 0 Å². The predicted octanol–water partition coefficient (Wildman–Crippen LogP) is 8.30. The number of hydrogen-bond donors (Lipinski definition) is 0. The molecule has 0 heterocycles. The topological polar surface area (TPSA) is 26.3 Å². The van der Waals surface area contributed by atoms with E-state index in [0.717, 1.165) is 12.1 Å². The quantitative estimate of drug-likeness (QED) is 0.145. The summed E-state index contributed by atoms with van der Waals surface area (Å²) in [5.74, 6) is -48.4. The molecule has 36 heavy (non-hydrogen) atoms. The molecule has 1 aromatic carbocycles. The lowest BCUT2D eigenvalue weighted by molar-refractivity contribution is -0.449. The third-order valence-corrected chi connectivity index (χ3v) is 5.26. The average Bonchev–Trinajstić information content (AvgIpc) is 2.70. The lowest BCUT2D eigenvalue weighted by Crippen LogP contribution is -2.72. The summed E-state index contributed by atoms with van der Waals surface area (Å²) < 4.78 is 201. The molecule has 0 atom stereocenters. The minimum absolute atomic E-state index is 0.238. The fraction of sp³-hybridized carbons (Fsp3) is 0.471. The Labute approximate surface area is 212 Å². The fourth-order valence-electron chi connectivity index (χ4n) is 2.11. The van der Waals surface area contributed by atoms with Gasteiger partial charge < -0.3 is 4.74 Å². The normalized spacial score (nSPS) is 15.2. The minimum Gasteiger partial charge on any atom is -0.457 e. The van der Waals surface area contributed by atoms with Gasteiger partial charge >= 0.3 is 47.7 Å². The molecule has 0 radical (unpaired) electrons. The van der Waals surface area contributed by atoms with Crippen molar-refractivity contribution in [1.29, 1.82) is 0 Å². The van der Waals surface area contributed by atoms with Crippen molar-refractivity contribution in [2.45, 2.75) is 41.7 Å². The number of rotatable bonds is 9. The number of ether oxygens (including phenoxy) is 1. The van der Waals surface area contributed by atoms with Crippen molar-refractivity contribution in [3.63, 3.8) is 0 Å². The van der Waals surface area contributed by atoms with Gasteiger partial charge in [0.05, 0.1) is 5.56 Å². The lowest BCUT2D eigenvalue weighted by atomic mass is 9.91. The highest BCUT2D eigenvalue weighted by Gasteiger charge is 2.93. The van der Waals surface area contributed by atoms with Gasteiger partial charge in [0.1, 0.15) is 6.61 Å². The molecule has 206 valence electrons. The maximum absolute atomic E-state index is 13.8. The van der Waals surface area contributed by atoms with Crippen molar-refractivity contribution in [2.24, 2.45) is 0 Å². The van der Waals surface area contributed by atoms with E-state index < -0.39 is 63.9 Å². The van der Waals surface area contributed by atoms with E-state index in [9.17, 15) is 70.7 Å². The maximum Gasteiger partial charge on any atom is 0.460 e. The summed E-state index contributed by atoms with van der Waals surface area (Å²) in [6, 6.07) is 4.83. The van der Waals surface area contributed by atoms with Crippen LogP contribution in [-0.2, 0) is 4.74 Å². The smallest absolute Gasteiger partial charge is 0.457 e. The molecule has 0 fully saturated rings. The molecule has 0 bridgehead atoms. The Kier molecular flexibility index (Phi) is 9.10. The summed E-state index contributed by atoms with van der Waals surface area (Å²) in [7, 11) is 0. The van der Waals surface area contributed by atoms with Crippen molar-refractivity contribution < 1.29 is 75.4 Å². The van der Waals surface area contributed by atoms with Crippen molar-refractivity contribution >= 4 is 44.5 Å². The maximum atomic E-state index is 13.8. The molecule has 0 saturated heterocycles. The van der Waals surface area contributed by atoms with Gasteiger partial charge in [0.25, 0.3) is 0 Å². The SMILES string of the molecule is O=C(OCC(I)=CC(F)(F)C(F)(F)C(F)(F)C(F)(F)C(F)(F)C(F)(F)C(F)(F)F)c1ccc(Br)cc1. The molecule has 0 N–H and O–H groups in total. The number of carbonyl (C=O) groups excluding carboxylic acids is 1. The Morgan fingerprint density at radius 3 is 1.53 bits per heavy atom. The number of alkyl halides is 15. The third kappa shape index (κ3) is 5.54. The average molecular weight is 735 g/mol. The summed E-state index contributed by atoms with van der Waals surface area (Å²) in [6.07, 6.45) is -8.91. The summed E-state index contributed by atoms with van der Waals surface area (Å²) in [6.45, 7) is -1.38. The molecule has 1 rings (SSSR count). The molecule has 0 amide bonds. The van der Waals surface area contributed by atoms with Crippen LogP contribution in [0.25, 0.3) is 0 Å². The number of halogens is 17.